The third-order valence-corrected chi connectivity index (χ3v) is 4.31. The summed E-state index contributed by atoms with van der Waals surface area (Å²) in [7, 11) is 1.81. The van der Waals surface area contributed by atoms with Crippen LogP contribution in [0.4, 0.5) is 11.5 Å². The third kappa shape index (κ3) is 3.59. The van der Waals surface area contributed by atoms with Gasteiger partial charge < -0.3 is 19.7 Å². The molecule has 4 rings (SSSR count). The van der Waals surface area contributed by atoms with Crippen molar-refractivity contribution in [1.29, 1.82) is 5.26 Å². The molecule has 0 bridgehead atoms. The molecule has 0 fully saturated rings. The van der Waals surface area contributed by atoms with Gasteiger partial charge in [0.25, 0.3) is 0 Å². The van der Waals surface area contributed by atoms with Crippen LogP contribution in [-0.4, -0.2) is 35.6 Å². The van der Waals surface area contributed by atoms with Crippen molar-refractivity contribution in [2.24, 2.45) is 7.05 Å². The van der Waals surface area contributed by atoms with Gasteiger partial charge in [-0.3, -0.25) is 0 Å². The number of aryl methyl sites for hydroxylation is 2. The number of anilines is 2. The van der Waals surface area contributed by atoms with Gasteiger partial charge in [-0.2, -0.15) is 10.2 Å². The van der Waals surface area contributed by atoms with Crippen molar-refractivity contribution in [3.8, 4) is 17.7 Å². The molecule has 10 nitrogen and oxygen atoms in total. The van der Waals surface area contributed by atoms with E-state index in [1.807, 2.05) is 20.0 Å². The molecule has 148 valence electrons. The first-order valence-corrected chi connectivity index (χ1v) is 8.77. The standard InChI is InChI=1S/C20H15N7O3/c1-11-5-13(7-21)22-9-15(11)30-17-6-14(18-19(26-17)27(2)10-24-18)25-16-4-3-12(8-23-16)20(28)29/h3-6,8-10H,1-2H3,(H,28,29)(H,23,25,26). The number of fused-ring (bicyclic) bond motifs is 1. The number of carboxylic acids is 1. The lowest BCUT2D eigenvalue weighted by atomic mass is 10.2. The fourth-order valence-electron chi connectivity index (χ4n) is 2.78. The van der Waals surface area contributed by atoms with Crippen molar-refractivity contribution in [1.82, 2.24) is 24.5 Å². The Morgan fingerprint density at radius 1 is 1.23 bits per heavy atom. The molecule has 4 aromatic heterocycles. The second kappa shape index (κ2) is 7.48. The molecule has 2 N–H and O–H groups in total. The first-order valence-electron chi connectivity index (χ1n) is 8.77. The lowest BCUT2D eigenvalue weighted by Gasteiger charge is -2.11. The van der Waals surface area contributed by atoms with Crippen LogP contribution in [0.3, 0.4) is 0 Å². The zero-order valence-corrected chi connectivity index (χ0v) is 16.0. The van der Waals surface area contributed by atoms with Crippen molar-refractivity contribution in [3.63, 3.8) is 0 Å². The molecule has 4 aromatic rings. The van der Waals surface area contributed by atoms with E-state index in [1.54, 1.807) is 29.1 Å². The van der Waals surface area contributed by atoms with Crippen LogP contribution in [0.1, 0.15) is 21.6 Å². The molecule has 4 heterocycles. The molecule has 0 atom stereocenters. The summed E-state index contributed by atoms with van der Waals surface area (Å²) in [5.74, 6) is 0.163. The fraction of sp³-hybridized carbons (Fsp3) is 0.100. The Morgan fingerprint density at radius 2 is 2.07 bits per heavy atom. The minimum atomic E-state index is -1.05. The molecule has 0 saturated heterocycles. The second-order valence-corrected chi connectivity index (χ2v) is 6.45. The van der Waals surface area contributed by atoms with Gasteiger partial charge in [-0.05, 0) is 30.7 Å². The van der Waals surface area contributed by atoms with Gasteiger partial charge in [0.15, 0.2) is 11.4 Å². The van der Waals surface area contributed by atoms with E-state index in [-0.39, 0.29) is 5.56 Å². The maximum Gasteiger partial charge on any atom is 0.337 e. The van der Waals surface area contributed by atoms with E-state index >= 15 is 0 Å². The molecule has 0 aliphatic rings. The molecule has 0 aliphatic carbocycles. The lowest BCUT2D eigenvalue weighted by molar-refractivity contribution is 0.0696. The minimum Gasteiger partial charge on any atom is -0.478 e. The summed E-state index contributed by atoms with van der Waals surface area (Å²) in [5.41, 5.74) is 2.90. The van der Waals surface area contributed by atoms with Crippen molar-refractivity contribution in [2.45, 2.75) is 6.92 Å². The number of nitrogens with one attached hydrogen (secondary N) is 1. The van der Waals surface area contributed by atoms with Gasteiger partial charge in [-0.15, -0.1) is 0 Å². The average Bonchev–Trinajstić information content (AvgIpc) is 3.11. The number of ether oxygens (including phenoxy) is 1. The summed E-state index contributed by atoms with van der Waals surface area (Å²) in [6.07, 6.45) is 4.37. The summed E-state index contributed by atoms with van der Waals surface area (Å²) >= 11 is 0. The number of rotatable bonds is 5. The predicted octanol–water partition coefficient (Wildman–Crippen LogP) is 3.17. The van der Waals surface area contributed by atoms with Gasteiger partial charge in [-0.1, -0.05) is 0 Å². The number of nitriles is 1. The Kier molecular flexibility index (Phi) is 4.69. The number of aromatic nitrogens is 5. The van der Waals surface area contributed by atoms with Crippen molar-refractivity contribution < 1.29 is 14.6 Å². The summed E-state index contributed by atoms with van der Waals surface area (Å²) in [4.78, 5) is 28.0. The maximum absolute atomic E-state index is 11.0. The molecule has 0 radical (unpaired) electrons. The van der Waals surface area contributed by atoms with Crippen molar-refractivity contribution in [3.05, 3.63) is 59.8 Å². The molecule has 30 heavy (non-hydrogen) atoms. The number of nitrogens with zero attached hydrogens (tertiary/aromatic N) is 6. The Bertz CT molecular complexity index is 1310. The molecule has 0 unspecified atom stereocenters. The quantitative estimate of drug-likeness (QED) is 0.516. The highest BCUT2D eigenvalue weighted by atomic mass is 16.5. The Labute approximate surface area is 170 Å². The van der Waals surface area contributed by atoms with Crippen LogP contribution < -0.4 is 10.1 Å². The monoisotopic (exact) mass is 401 g/mol. The van der Waals surface area contributed by atoms with Crippen LogP contribution in [0.5, 0.6) is 11.6 Å². The van der Waals surface area contributed by atoms with Crippen molar-refractivity contribution in [2.75, 3.05) is 5.32 Å². The normalized spacial score (nSPS) is 10.6. The van der Waals surface area contributed by atoms with Gasteiger partial charge in [-0.25, -0.2) is 19.7 Å². The fourth-order valence-corrected chi connectivity index (χ4v) is 2.78. The van der Waals surface area contributed by atoms with E-state index in [1.165, 1.54) is 18.5 Å². The largest absolute Gasteiger partial charge is 0.478 e. The number of hydrogen-bond donors (Lipinski definition) is 2. The molecular formula is C20H15N7O3. The number of aromatic carboxylic acids is 1. The SMILES string of the molecule is Cc1cc(C#N)ncc1Oc1cc(Nc2ccc(C(=O)O)cn2)c2ncn(C)c2n1. The van der Waals surface area contributed by atoms with Crippen molar-refractivity contribution >= 4 is 28.6 Å². The van der Waals surface area contributed by atoms with Gasteiger partial charge in [0.1, 0.15) is 23.1 Å². The van der Waals surface area contributed by atoms with Gasteiger partial charge >= 0.3 is 5.97 Å². The molecule has 0 spiro atoms. The third-order valence-electron chi connectivity index (χ3n) is 4.31. The maximum atomic E-state index is 11.0. The topological polar surface area (TPSA) is 139 Å². The van der Waals surface area contributed by atoms with E-state index in [0.717, 1.165) is 5.56 Å². The van der Waals surface area contributed by atoms with E-state index in [0.29, 0.717) is 40.0 Å². The number of imidazole rings is 1. The molecule has 0 aromatic carbocycles. The Morgan fingerprint density at radius 3 is 2.73 bits per heavy atom. The highest BCUT2D eigenvalue weighted by Crippen LogP contribution is 2.31. The summed E-state index contributed by atoms with van der Waals surface area (Å²) in [6.45, 7) is 1.81. The Balaban J connectivity index is 1.71. The van der Waals surface area contributed by atoms with E-state index < -0.39 is 5.97 Å². The van der Waals surface area contributed by atoms with Gasteiger partial charge in [0, 0.05) is 19.3 Å². The predicted molar refractivity (Wildman–Crippen MR) is 107 cm³/mol. The minimum absolute atomic E-state index is 0.0890. The van der Waals surface area contributed by atoms with Crippen LogP contribution in [-0.2, 0) is 7.05 Å². The van der Waals surface area contributed by atoms with Crippen LogP contribution in [0, 0.1) is 18.3 Å². The zero-order valence-electron chi connectivity index (χ0n) is 16.0. The molecular weight excluding hydrogens is 386 g/mol. The molecule has 0 amide bonds. The molecule has 10 heteroatoms. The zero-order chi connectivity index (χ0) is 21.3. The summed E-state index contributed by atoms with van der Waals surface area (Å²) in [6, 6.07) is 8.30. The van der Waals surface area contributed by atoms with E-state index in [2.05, 4.69) is 25.3 Å². The first kappa shape index (κ1) is 18.8. The Hall–Kier alpha value is -4.52. The van der Waals surface area contributed by atoms with Crippen LogP contribution in [0.25, 0.3) is 11.2 Å². The summed E-state index contributed by atoms with van der Waals surface area (Å²) < 4.78 is 7.66. The van der Waals surface area contributed by atoms with Gasteiger partial charge in [0.2, 0.25) is 5.88 Å². The highest BCUT2D eigenvalue weighted by molar-refractivity contribution is 5.89. The van der Waals surface area contributed by atoms with Crippen LogP contribution in [0.2, 0.25) is 0 Å². The van der Waals surface area contributed by atoms with Gasteiger partial charge in [0.05, 0.1) is 23.8 Å². The lowest BCUT2D eigenvalue weighted by Crippen LogP contribution is -2.01. The number of carboxylic acid groups (broad SMARTS) is 1. The number of hydrogen-bond acceptors (Lipinski definition) is 8. The average molecular weight is 401 g/mol. The number of pyridine rings is 3. The van der Waals surface area contributed by atoms with Crippen LogP contribution in [0.15, 0.2) is 43.0 Å². The van der Waals surface area contributed by atoms with E-state index in [9.17, 15) is 4.79 Å². The highest BCUT2D eigenvalue weighted by Gasteiger charge is 2.14. The summed E-state index contributed by atoms with van der Waals surface area (Å²) in [5, 5.41) is 21.1. The smallest absolute Gasteiger partial charge is 0.337 e. The molecule has 0 saturated carbocycles. The van der Waals surface area contributed by atoms with E-state index in [4.69, 9.17) is 15.1 Å². The molecule has 0 aliphatic heterocycles. The number of carbonyl (C=O) groups is 1. The second-order valence-electron chi connectivity index (χ2n) is 6.45. The first-order chi connectivity index (χ1) is 14.4. The van der Waals surface area contributed by atoms with Crippen LogP contribution >= 0.6 is 0 Å².